The van der Waals surface area contributed by atoms with Crippen LogP contribution >= 0.6 is 31.9 Å². The second kappa shape index (κ2) is 18.3. The van der Waals surface area contributed by atoms with Crippen molar-refractivity contribution in [3.63, 3.8) is 0 Å². The normalized spacial score (nSPS) is 13.1. The van der Waals surface area contributed by atoms with Crippen LogP contribution in [0.3, 0.4) is 0 Å². The van der Waals surface area contributed by atoms with Crippen LogP contribution in [0.2, 0.25) is 0 Å². The summed E-state index contributed by atoms with van der Waals surface area (Å²) in [5.41, 5.74) is 2.31. The van der Waals surface area contributed by atoms with Crippen molar-refractivity contribution in [3.05, 3.63) is 70.8 Å². The number of benzene rings is 2. The minimum atomic E-state index is -1.24. The largest absolute Gasteiger partial charge is 0.466 e. The van der Waals surface area contributed by atoms with E-state index >= 15 is 0 Å². The third kappa shape index (κ3) is 13.5. The van der Waals surface area contributed by atoms with E-state index in [1.54, 1.807) is 55.4 Å². The molecule has 0 aliphatic heterocycles. The Morgan fingerprint density at radius 2 is 1.09 bits per heavy atom. The van der Waals surface area contributed by atoms with Crippen molar-refractivity contribution in [3.8, 4) is 0 Å². The first-order chi connectivity index (χ1) is 20.5. The van der Waals surface area contributed by atoms with Gasteiger partial charge in [0.2, 0.25) is 0 Å². The van der Waals surface area contributed by atoms with Crippen molar-refractivity contribution < 1.29 is 38.1 Å². The minimum Gasteiger partial charge on any atom is -0.466 e. The number of carbonyl (C=O) groups is 4. The van der Waals surface area contributed by atoms with E-state index in [9.17, 15) is 19.2 Å². The molecule has 2 aromatic rings. The van der Waals surface area contributed by atoms with E-state index in [2.05, 4.69) is 60.9 Å². The number of halogens is 2. The van der Waals surface area contributed by atoms with Crippen LogP contribution in [-0.2, 0) is 61.6 Å². The van der Waals surface area contributed by atoms with Crippen LogP contribution in [0.15, 0.2) is 48.5 Å². The molecule has 1 aliphatic rings. The SMILES string of the molecule is BrCc1ccccc1CBr.CCOC(=O)C1(C(=O)OC(C)(C)C)Cc2ccccc2C1.CCOC(=O)CC(=O)OC(C)(C)C. The molecule has 0 N–H and O–H groups in total. The van der Waals surface area contributed by atoms with E-state index < -0.39 is 40.5 Å². The number of hydrogen-bond donors (Lipinski definition) is 0. The number of esters is 4. The number of fused-ring (bicyclic) bond motifs is 1. The summed E-state index contributed by atoms with van der Waals surface area (Å²) < 4.78 is 20.1. The van der Waals surface area contributed by atoms with Gasteiger partial charge in [-0.2, -0.15) is 0 Å². The lowest BCUT2D eigenvalue weighted by molar-refractivity contribution is -0.179. The highest BCUT2D eigenvalue weighted by Crippen LogP contribution is 2.40. The molecule has 0 spiro atoms. The van der Waals surface area contributed by atoms with Gasteiger partial charge >= 0.3 is 23.9 Å². The van der Waals surface area contributed by atoms with Gasteiger partial charge in [-0.05, 0) is 90.5 Å². The maximum atomic E-state index is 12.6. The second-order valence-electron chi connectivity index (χ2n) is 12.0. The fourth-order valence-electron chi connectivity index (χ4n) is 4.16. The highest BCUT2D eigenvalue weighted by molar-refractivity contribution is 9.09. The Labute approximate surface area is 278 Å². The molecule has 44 heavy (non-hydrogen) atoms. The van der Waals surface area contributed by atoms with Crippen molar-refractivity contribution >= 4 is 55.7 Å². The van der Waals surface area contributed by atoms with Crippen LogP contribution in [0, 0.1) is 5.41 Å². The topological polar surface area (TPSA) is 105 Å². The Balaban J connectivity index is 0.000000360. The predicted molar refractivity (Wildman–Crippen MR) is 178 cm³/mol. The number of hydrogen-bond acceptors (Lipinski definition) is 8. The summed E-state index contributed by atoms with van der Waals surface area (Å²) in [6.07, 6.45) is 0.374. The second-order valence-corrected chi connectivity index (χ2v) is 13.2. The van der Waals surface area contributed by atoms with Crippen molar-refractivity contribution in [1.29, 1.82) is 0 Å². The average Bonchev–Trinajstić information content (AvgIpc) is 3.33. The van der Waals surface area contributed by atoms with Gasteiger partial charge in [0.15, 0.2) is 5.41 Å². The fourth-order valence-corrected chi connectivity index (χ4v) is 5.25. The molecule has 0 heterocycles. The first-order valence-electron chi connectivity index (χ1n) is 14.6. The summed E-state index contributed by atoms with van der Waals surface area (Å²) in [4.78, 5) is 46.9. The van der Waals surface area contributed by atoms with Crippen LogP contribution in [0.5, 0.6) is 0 Å². The Morgan fingerprint density at radius 1 is 0.659 bits per heavy atom. The summed E-state index contributed by atoms with van der Waals surface area (Å²) in [5.74, 6) is -2.08. The molecule has 10 heteroatoms. The molecule has 2 aromatic carbocycles. The van der Waals surface area contributed by atoms with Crippen molar-refractivity contribution in [2.45, 2.75) is 96.5 Å². The molecule has 1 aliphatic carbocycles. The third-order valence-electron chi connectivity index (χ3n) is 5.98. The van der Waals surface area contributed by atoms with E-state index in [0.29, 0.717) is 12.8 Å². The van der Waals surface area contributed by atoms with Gasteiger partial charge in [0.1, 0.15) is 17.6 Å². The highest BCUT2D eigenvalue weighted by Gasteiger charge is 2.53. The summed E-state index contributed by atoms with van der Waals surface area (Å²) in [6.45, 7) is 14.6. The summed E-state index contributed by atoms with van der Waals surface area (Å²) in [7, 11) is 0. The first-order valence-corrected chi connectivity index (χ1v) is 16.8. The molecule has 244 valence electrons. The molecule has 0 bridgehead atoms. The molecule has 0 radical (unpaired) electrons. The van der Waals surface area contributed by atoms with Crippen molar-refractivity contribution in [2.75, 3.05) is 13.2 Å². The van der Waals surface area contributed by atoms with Crippen LogP contribution in [0.4, 0.5) is 0 Å². The first kappa shape index (κ1) is 39.3. The van der Waals surface area contributed by atoms with Crippen LogP contribution in [0.1, 0.15) is 84.1 Å². The van der Waals surface area contributed by atoms with Gasteiger partial charge in [0.05, 0.1) is 13.2 Å². The van der Waals surface area contributed by atoms with Crippen LogP contribution in [-0.4, -0.2) is 48.3 Å². The van der Waals surface area contributed by atoms with E-state index in [1.165, 1.54) is 11.1 Å². The van der Waals surface area contributed by atoms with Gasteiger partial charge in [0.25, 0.3) is 0 Å². The lowest BCUT2D eigenvalue weighted by Gasteiger charge is -2.29. The molecule has 3 rings (SSSR count). The smallest absolute Gasteiger partial charge is 0.324 e. The molecule has 0 fully saturated rings. The fraction of sp³-hybridized carbons (Fsp3) is 0.529. The Bertz CT molecular complexity index is 1200. The van der Waals surface area contributed by atoms with Gasteiger partial charge < -0.3 is 18.9 Å². The van der Waals surface area contributed by atoms with E-state index in [-0.39, 0.29) is 19.6 Å². The number of rotatable bonds is 8. The number of ether oxygens (including phenoxy) is 4. The Morgan fingerprint density at radius 3 is 1.48 bits per heavy atom. The lowest BCUT2D eigenvalue weighted by Crippen LogP contribution is -2.45. The molecule has 0 unspecified atom stereocenters. The zero-order chi connectivity index (χ0) is 33.6. The molecule has 8 nitrogen and oxygen atoms in total. The molecule has 0 saturated carbocycles. The minimum absolute atomic E-state index is 0.250. The quantitative estimate of drug-likeness (QED) is 0.119. The maximum absolute atomic E-state index is 12.6. The van der Waals surface area contributed by atoms with Crippen LogP contribution in [0.25, 0.3) is 0 Å². The molecular weight excluding hydrogens is 696 g/mol. The van der Waals surface area contributed by atoms with Gasteiger partial charge in [-0.15, -0.1) is 0 Å². The zero-order valence-electron chi connectivity index (χ0n) is 27.1. The number of carbonyl (C=O) groups excluding carboxylic acids is 4. The lowest BCUT2D eigenvalue weighted by atomic mass is 9.84. The van der Waals surface area contributed by atoms with Gasteiger partial charge in [-0.25, -0.2) is 0 Å². The van der Waals surface area contributed by atoms with E-state index in [1.807, 2.05) is 24.3 Å². The highest BCUT2D eigenvalue weighted by atomic mass is 79.9. The van der Waals surface area contributed by atoms with Crippen molar-refractivity contribution in [2.24, 2.45) is 5.41 Å². The van der Waals surface area contributed by atoms with Gasteiger partial charge in [0, 0.05) is 10.7 Å². The summed E-state index contributed by atoms with van der Waals surface area (Å²) in [6, 6.07) is 16.1. The van der Waals surface area contributed by atoms with Gasteiger partial charge in [-0.1, -0.05) is 80.4 Å². The Hall–Kier alpha value is -2.72. The van der Waals surface area contributed by atoms with Crippen molar-refractivity contribution in [1.82, 2.24) is 0 Å². The molecular formula is C34H46Br2O8. The molecule has 0 amide bonds. The Kier molecular flexibility index (Phi) is 16.3. The van der Waals surface area contributed by atoms with E-state index in [0.717, 1.165) is 21.8 Å². The molecule has 0 atom stereocenters. The standard InChI is InChI=1S/C17H22O4.C9H16O4.C8H8Br2/c1-5-20-14(18)17(15(19)21-16(2,3)4)10-12-8-6-7-9-13(12)11-17;1-5-12-7(10)6-8(11)13-9(2,3)4;9-5-7-3-1-2-4-8(7)6-10/h6-9H,5,10-11H2,1-4H3;5-6H2,1-4H3;1-4H,5-6H2. The van der Waals surface area contributed by atoms with Crippen LogP contribution < -0.4 is 0 Å². The molecule has 0 saturated heterocycles. The number of alkyl halides is 2. The zero-order valence-corrected chi connectivity index (χ0v) is 30.3. The average molecular weight is 743 g/mol. The maximum Gasteiger partial charge on any atom is 0.324 e. The third-order valence-corrected chi connectivity index (χ3v) is 7.19. The molecule has 0 aromatic heterocycles. The predicted octanol–water partition coefficient (Wildman–Crippen LogP) is 7.43. The summed E-state index contributed by atoms with van der Waals surface area (Å²) >= 11 is 6.86. The van der Waals surface area contributed by atoms with E-state index in [4.69, 9.17) is 14.2 Å². The monoisotopic (exact) mass is 740 g/mol. The van der Waals surface area contributed by atoms with Gasteiger partial charge in [-0.3, -0.25) is 19.2 Å². The summed E-state index contributed by atoms with van der Waals surface area (Å²) in [5, 5.41) is 1.88.